The molecule has 6 nitrogen and oxygen atoms in total. The third-order valence-corrected chi connectivity index (χ3v) is 8.38. The van der Waals surface area contributed by atoms with Crippen LogP contribution in [0.4, 0.5) is 4.39 Å². The molecule has 0 aliphatic carbocycles. The van der Waals surface area contributed by atoms with E-state index in [0.717, 1.165) is 16.5 Å². The van der Waals surface area contributed by atoms with Crippen molar-refractivity contribution in [2.24, 2.45) is 0 Å². The first kappa shape index (κ1) is 21.7. The maximum absolute atomic E-state index is 13.7. The fourth-order valence-corrected chi connectivity index (χ4v) is 5.33. The predicted octanol–water partition coefficient (Wildman–Crippen LogP) is 3.93. The molecule has 1 unspecified atom stereocenters. The zero-order chi connectivity index (χ0) is 23.5. The van der Waals surface area contributed by atoms with Gasteiger partial charge in [-0.2, -0.15) is 0 Å². The molecule has 0 saturated heterocycles. The summed E-state index contributed by atoms with van der Waals surface area (Å²) in [6.07, 6.45) is 0.216. The van der Waals surface area contributed by atoms with E-state index in [9.17, 15) is 19.1 Å². The molecule has 0 amide bonds. The molecule has 1 aromatic carbocycles. The quantitative estimate of drug-likeness (QED) is 0.366. The lowest BCUT2D eigenvalue weighted by Gasteiger charge is -2.35. The summed E-state index contributed by atoms with van der Waals surface area (Å²) in [6.45, 7) is 5.71. The number of aliphatic hydroxyl groups is 1. The Labute approximate surface area is 191 Å². The van der Waals surface area contributed by atoms with E-state index >= 15 is 0 Å². The van der Waals surface area contributed by atoms with Crippen LogP contribution in [0, 0.1) is 0 Å². The number of pyridine rings is 2. The lowest BCUT2D eigenvalue weighted by Crippen LogP contribution is -2.46. The van der Waals surface area contributed by atoms with E-state index in [1.54, 1.807) is 29.3 Å². The number of cyclic esters (lactones) is 1. The molecule has 170 valence electrons. The Morgan fingerprint density at radius 1 is 1.30 bits per heavy atom. The van der Waals surface area contributed by atoms with Crippen molar-refractivity contribution in [2.45, 2.75) is 44.7 Å². The number of nitrogens with zero attached hydrogens (tertiary/aromatic N) is 2. The summed E-state index contributed by atoms with van der Waals surface area (Å²) in [4.78, 5) is 31.3. The molecule has 0 bridgehead atoms. The van der Waals surface area contributed by atoms with E-state index in [0.29, 0.717) is 17.9 Å². The van der Waals surface area contributed by atoms with Crippen LogP contribution in [-0.2, 0) is 21.7 Å². The van der Waals surface area contributed by atoms with Crippen LogP contribution in [0.25, 0.3) is 22.3 Å². The maximum Gasteiger partial charge on any atom is 0.343 e. The van der Waals surface area contributed by atoms with E-state index < -0.39 is 32.0 Å². The summed E-state index contributed by atoms with van der Waals surface area (Å²) >= 11 is 0. The SMILES string of the molecule is CC[C@@]1(O)C(=O)OC(/C=C/[Si](C)(C)CF)c2c1cc1n(c2=O)Cc2cc3ccccc3nc2-1. The van der Waals surface area contributed by atoms with Crippen LogP contribution in [0.15, 0.2) is 53.0 Å². The Balaban J connectivity index is 1.74. The van der Waals surface area contributed by atoms with Gasteiger partial charge in [-0.3, -0.25) is 9.18 Å². The van der Waals surface area contributed by atoms with Gasteiger partial charge in [0.15, 0.2) is 11.7 Å². The fourth-order valence-electron chi connectivity index (χ4n) is 4.55. The Morgan fingerprint density at radius 2 is 2.06 bits per heavy atom. The second kappa shape index (κ2) is 7.46. The van der Waals surface area contributed by atoms with Crippen LogP contribution in [0.3, 0.4) is 0 Å². The normalized spacial score (nSPS) is 21.7. The van der Waals surface area contributed by atoms with Crippen molar-refractivity contribution in [1.29, 1.82) is 0 Å². The molecule has 8 heteroatoms. The molecule has 2 aromatic heterocycles. The van der Waals surface area contributed by atoms with Gasteiger partial charge in [-0.25, -0.2) is 9.78 Å². The fraction of sp³-hybridized carbons (Fsp3) is 0.320. The van der Waals surface area contributed by atoms with Crippen molar-refractivity contribution in [1.82, 2.24) is 9.55 Å². The van der Waals surface area contributed by atoms with Crippen LogP contribution in [-0.4, -0.2) is 35.0 Å². The summed E-state index contributed by atoms with van der Waals surface area (Å²) in [7, 11) is -2.29. The van der Waals surface area contributed by atoms with Gasteiger partial charge in [0.2, 0.25) is 0 Å². The number of para-hydroxylation sites is 1. The van der Waals surface area contributed by atoms with Gasteiger partial charge in [-0.15, -0.1) is 0 Å². The van der Waals surface area contributed by atoms with Crippen LogP contribution < -0.4 is 5.56 Å². The molecule has 5 rings (SSSR count). The van der Waals surface area contributed by atoms with Gasteiger partial charge >= 0.3 is 5.97 Å². The summed E-state index contributed by atoms with van der Waals surface area (Å²) in [6, 6.07) is 11.4. The van der Waals surface area contributed by atoms with Gasteiger partial charge in [-0.1, -0.05) is 43.9 Å². The van der Waals surface area contributed by atoms with Crippen LogP contribution in [0.2, 0.25) is 13.1 Å². The first-order valence-electron chi connectivity index (χ1n) is 11.0. The van der Waals surface area contributed by atoms with E-state index in [1.165, 1.54) is 0 Å². The second-order valence-corrected chi connectivity index (χ2v) is 14.0. The molecule has 0 saturated carbocycles. The Bertz CT molecular complexity index is 1400. The maximum atomic E-state index is 13.7. The van der Waals surface area contributed by atoms with Crippen LogP contribution in [0.1, 0.15) is 36.1 Å². The number of esters is 1. The number of carbonyl (C=O) groups excluding carboxylic acids is 1. The van der Waals surface area contributed by atoms with E-state index in [4.69, 9.17) is 9.72 Å². The monoisotopic (exact) mass is 464 g/mol. The van der Waals surface area contributed by atoms with Gasteiger partial charge in [-0.05, 0) is 30.7 Å². The Kier molecular flexibility index (Phi) is 4.91. The van der Waals surface area contributed by atoms with Gasteiger partial charge < -0.3 is 14.4 Å². The molecular formula is C25H25FN2O4Si. The number of hydrogen-bond acceptors (Lipinski definition) is 5. The number of fused-ring (bicyclic) bond motifs is 5. The Morgan fingerprint density at radius 3 is 2.79 bits per heavy atom. The first-order valence-corrected chi connectivity index (χ1v) is 14.3. The summed E-state index contributed by atoms with van der Waals surface area (Å²) < 4.78 is 20.5. The summed E-state index contributed by atoms with van der Waals surface area (Å²) in [5, 5.41) is 12.2. The van der Waals surface area contributed by atoms with E-state index in [-0.39, 0.29) is 23.1 Å². The van der Waals surface area contributed by atoms with Gasteiger partial charge in [0.25, 0.3) is 5.56 Å². The minimum Gasteiger partial charge on any atom is -0.451 e. The van der Waals surface area contributed by atoms with Gasteiger partial charge in [0.05, 0.1) is 35.3 Å². The molecule has 0 spiro atoms. The molecule has 3 aromatic rings. The topological polar surface area (TPSA) is 81.4 Å². The number of hydrogen-bond donors (Lipinski definition) is 1. The molecule has 0 radical (unpaired) electrons. The zero-order valence-corrected chi connectivity index (χ0v) is 19.8. The number of aromatic nitrogens is 2. The lowest BCUT2D eigenvalue weighted by atomic mass is 9.83. The number of halogens is 1. The van der Waals surface area contributed by atoms with Crippen molar-refractivity contribution in [2.75, 3.05) is 6.30 Å². The molecular weight excluding hydrogens is 439 g/mol. The van der Waals surface area contributed by atoms with E-state index in [2.05, 4.69) is 0 Å². The Hall–Kier alpha value is -3.10. The zero-order valence-electron chi connectivity index (χ0n) is 18.8. The van der Waals surface area contributed by atoms with Crippen molar-refractivity contribution in [3.05, 3.63) is 75.2 Å². The largest absolute Gasteiger partial charge is 0.451 e. The molecule has 1 N–H and O–H groups in total. The highest BCUT2D eigenvalue weighted by atomic mass is 28.3. The average molecular weight is 465 g/mol. The van der Waals surface area contributed by atoms with Crippen LogP contribution in [0.5, 0.6) is 0 Å². The van der Waals surface area contributed by atoms with E-state index in [1.807, 2.05) is 43.4 Å². The lowest BCUT2D eigenvalue weighted by molar-refractivity contribution is -0.175. The van der Waals surface area contributed by atoms with Gasteiger partial charge in [0, 0.05) is 16.5 Å². The third-order valence-electron chi connectivity index (χ3n) is 6.59. The van der Waals surface area contributed by atoms with Gasteiger partial charge in [0.1, 0.15) is 8.07 Å². The van der Waals surface area contributed by atoms with Crippen LogP contribution >= 0.6 is 0 Å². The second-order valence-electron chi connectivity index (χ2n) is 9.46. The number of benzene rings is 1. The van der Waals surface area contributed by atoms with Crippen molar-refractivity contribution >= 4 is 24.9 Å². The molecule has 2 aliphatic heterocycles. The number of ether oxygens (including phenoxy) is 1. The first-order chi connectivity index (χ1) is 15.7. The minimum absolute atomic E-state index is 0.0564. The highest BCUT2D eigenvalue weighted by Crippen LogP contribution is 2.42. The standard InChI is InChI=1S/C25H25FN2O4Si/c1-4-25(31)17-12-19-22-16(11-15-7-5-6-8-18(15)27-22)13-28(19)23(29)21(17)20(32-24(25)30)9-10-33(2,3)14-26/h5-12,20,31H,4,13-14H2,1-3H3/b10-9+/t20?,25-/m0/s1. The highest BCUT2D eigenvalue weighted by molar-refractivity contribution is 6.82. The smallest absolute Gasteiger partial charge is 0.343 e. The van der Waals surface area contributed by atoms with Crippen molar-refractivity contribution < 1.29 is 19.0 Å². The number of alkyl halides is 1. The molecule has 33 heavy (non-hydrogen) atoms. The molecule has 0 fully saturated rings. The number of carbonyl (C=O) groups is 1. The molecule has 2 atom stereocenters. The highest BCUT2D eigenvalue weighted by Gasteiger charge is 2.48. The van der Waals surface area contributed by atoms with Crippen molar-refractivity contribution in [3.63, 3.8) is 0 Å². The predicted molar refractivity (Wildman–Crippen MR) is 126 cm³/mol. The summed E-state index contributed by atoms with van der Waals surface area (Å²) in [5.74, 6) is -0.805. The molecule has 4 heterocycles. The summed E-state index contributed by atoms with van der Waals surface area (Å²) in [5.41, 5.74) is 2.89. The number of rotatable bonds is 4. The third kappa shape index (κ3) is 3.27. The average Bonchev–Trinajstić information content (AvgIpc) is 3.17. The molecule has 2 aliphatic rings. The van der Waals surface area contributed by atoms with Crippen molar-refractivity contribution in [3.8, 4) is 11.4 Å². The minimum atomic E-state index is -2.29.